The van der Waals surface area contributed by atoms with Gasteiger partial charge in [0.05, 0.1) is 5.54 Å². The van der Waals surface area contributed by atoms with Gasteiger partial charge in [0.25, 0.3) is 0 Å². The van der Waals surface area contributed by atoms with Crippen LogP contribution < -0.4 is 5.73 Å². The predicted molar refractivity (Wildman–Crippen MR) is 40.7 cm³/mol. The van der Waals surface area contributed by atoms with Gasteiger partial charge in [-0.1, -0.05) is 5.16 Å². The summed E-state index contributed by atoms with van der Waals surface area (Å²) in [5.41, 5.74) is 4.83. The molecule has 0 amide bonds. The Morgan fingerprint density at radius 2 is 2.33 bits per heavy atom. The van der Waals surface area contributed by atoms with Gasteiger partial charge in [-0.15, -0.1) is 0 Å². The minimum atomic E-state index is -1.12. The summed E-state index contributed by atoms with van der Waals surface area (Å²) in [6.07, 6.45) is 0. The summed E-state index contributed by atoms with van der Waals surface area (Å²) in [4.78, 5) is 10.4. The van der Waals surface area contributed by atoms with Gasteiger partial charge in [-0.3, -0.25) is 0 Å². The Hall–Kier alpha value is -1.36. The van der Waals surface area contributed by atoms with E-state index < -0.39 is 11.5 Å². The lowest BCUT2D eigenvalue weighted by Crippen LogP contribution is -2.27. The number of hydrogen-bond acceptors (Lipinski definition) is 4. The zero-order chi connectivity index (χ0) is 9.35. The first-order valence-electron chi connectivity index (χ1n) is 3.40. The van der Waals surface area contributed by atoms with Crippen molar-refractivity contribution in [3.05, 3.63) is 17.5 Å². The highest BCUT2D eigenvalue weighted by molar-refractivity contribution is 5.85. The quantitative estimate of drug-likeness (QED) is 0.677. The van der Waals surface area contributed by atoms with E-state index in [-0.39, 0.29) is 5.69 Å². The number of aromatic nitrogens is 1. The van der Waals surface area contributed by atoms with Crippen molar-refractivity contribution < 1.29 is 14.4 Å². The van der Waals surface area contributed by atoms with Crippen molar-refractivity contribution >= 4 is 5.97 Å². The van der Waals surface area contributed by atoms with Crippen molar-refractivity contribution in [1.29, 1.82) is 0 Å². The number of aromatic carboxylic acids is 1. The van der Waals surface area contributed by atoms with Crippen LogP contribution in [0.25, 0.3) is 0 Å². The van der Waals surface area contributed by atoms with Gasteiger partial charge in [-0.05, 0) is 13.8 Å². The van der Waals surface area contributed by atoms with Crippen LogP contribution in [-0.4, -0.2) is 16.2 Å². The van der Waals surface area contributed by atoms with Gasteiger partial charge in [-0.25, -0.2) is 4.79 Å². The van der Waals surface area contributed by atoms with Crippen molar-refractivity contribution in [1.82, 2.24) is 5.16 Å². The van der Waals surface area contributed by atoms with Crippen LogP contribution in [0.3, 0.4) is 0 Å². The third-order valence-electron chi connectivity index (χ3n) is 1.36. The van der Waals surface area contributed by atoms with E-state index in [1.54, 1.807) is 13.8 Å². The summed E-state index contributed by atoms with van der Waals surface area (Å²) < 4.78 is 4.73. The molecular weight excluding hydrogens is 160 g/mol. The third kappa shape index (κ3) is 1.62. The number of carboxylic acid groups (broad SMARTS) is 1. The maximum atomic E-state index is 10.4. The number of carbonyl (C=O) groups is 1. The van der Waals surface area contributed by atoms with Crippen molar-refractivity contribution in [2.45, 2.75) is 19.4 Å². The van der Waals surface area contributed by atoms with Crippen LogP contribution in [0.15, 0.2) is 10.6 Å². The highest BCUT2D eigenvalue weighted by Crippen LogP contribution is 2.17. The molecule has 12 heavy (non-hydrogen) atoms. The van der Waals surface area contributed by atoms with E-state index in [9.17, 15) is 4.79 Å². The summed E-state index contributed by atoms with van der Waals surface area (Å²) in [7, 11) is 0. The Balaban J connectivity index is 3.00. The predicted octanol–water partition coefficient (Wildman–Crippen LogP) is 0.567. The van der Waals surface area contributed by atoms with E-state index in [1.807, 2.05) is 0 Å². The minimum Gasteiger partial charge on any atom is -0.476 e. The molecule has 0 fully saturated rings. The Morgan fingerprint density at radius 3 is 2.58 bits per heavy atom. The largest absolute Gasteiger partial charge is 0.476 e. The van der Waals surface area contributed by atoms with Crippen LogP contribution in [0.1, 0.15) is 30.1 Å². The lowest BCUT2D eigenvalue weighted by Gasteiger charge is -2.12. The molecule has 0 unspecified atom stereocenters. The fourth-order valence-electron chi connectivity index (χ4n) is 0.680. The number of carboxylic acids is 1. The summed E-state index contributed by atoms with van der Waals surface area (Å²) in [6.45, 7) is 3.41. The van der Waals surface area contributed by atoms with Gasteiger partial charge in [0, 0.05) is 6.07 Å². The van der Waals surface area contributed by atoms with Crippen LogP contribution in [0.2, 0.25) is 0 Å². The number of hydrogen-bond donors (Lipinski definition) is 2. The molecule has 0 aromatic carbocycles. The van der Waals surface area contributed by atoms with Gasteiger partial charge >= 0.3 is 5.97 Å². The van der Waals surface area contributed by atoms with E-state index in [2.05, 4.69) is 5.16 Å². The highest BCUT2D eigenvalue weighted by Gasteiger charge is 2.21. The maximum absolute atomic E-state index is 10.4. The first kappa shape index (κ1) is 8.73. The molecule has 3 N–H and O–H groups in total. The van der Waals surface area contributed by atoms with Gasteiger partial charge in [0.1, 0.15) is 0 Å². The fraction of sp³-hybridized carbons (Fsp3) is 0.429. The average molecular weight is 170 g/mol. The summed E-state index contributed by atoms with van der Waals surface area (Å²) in [5, 5.41) is 11.8. The second-order valence-corrected chi connectivity index (χ2v) is 3.10. The normalized spacial score (nSPS) is 11.6. The monoisotopic (exact) mass is 170 g/mol. The molecule has 1 aromatic rings. The maximum Gasteiger partial charge on any atom is 0.358 e. The van der Waals surface area contributed by atoms with Crippen LogP contribution in [0, 0.1) is 0 Å². The molecule has 0 radical (unpaired) electrons. The molecule has 0 spiro atoms. The topological polar surface area (TPSA) is 89.4 Å². The smallest absolute Gasteiger partial charge is 0.358 e. The fourth-order valence-corrected chi connectivity index (χ4v) is 0.680. The lowest BCUT2D eigenvalue weighted by molar-refractivity contribution is 0.0685. The Labute approximate surface area is 69.2 Å². The number of rotatable bonds is 2. The van der Waals surface area contributed by atoms with E-state index in [4.69, 9.17) is 15.4 Å². The molecule has 0 saturated heterocycles. The van der Waals surface area contributed by atoms with E-state index in [0.717, 1.165) is 0 Å². The molecule has 1 rings (SSSR count). The summed E-state index contributed by atoms with van der Waals surface area (Å²) in [5.74, 6) is -0.755. The summed E-state index contributed by atoms with van der Waals surface area (Å²) in [6, 6.07) is 1.32. The Bertz CT molecular complexity index is 298. The summed E-state index contributed by atoms with van der Waals surface area (Å²) >= 11 is 0. The van der Waals surface area contributed by atoms with Crippen molar-refractivity contribution in [2.24, 2.45) is 5.73 Å². The molecule has 5 heteroatoms. The molecule has 66 valence electrons. The molecule has 1 aromatic heterocycles. The van der Waals surface area contributed by atoms with Crippen LogP contribution >= 0.6 is 0 Å². The molecule has 0 atom stereocenters. The van der Waals surface area contributed by atoms with Crippen LogP contribution in [0.5, 0.6) is 0 Å². The third-order valence-corrected chi connectivity index (χ3v) is 1.36. The SMILES string of the molecule is CC(C)(N)c1cc(C(=O)O)no1. The molecule has 0 aliphatic carbocycles. The van der Waals surface area contributed by atoms with Gasteiger partial charge in [-0.2, -0.15) is 0 Å². The highest BCUT2D eigenvalue weighted by atomic mass is 16.5. The van der Waals surface area contributed by atoms with Gasteiger partial charge in [0.15, 0.2) is 11.5 Å². The Kier molecular flexibility index (Phi) is 1.89. The Morgan fingerprint density at radius 1 is 1.75 bits per heavy atom. The second kappa shape index (κ2) is 2.60. The molecule has 0 aliphatic heterocycles. The van der Waals surface area contributed by atoms with Crippen LogP contribution in [0.4, 0.5) is 0 Å². The first-order valence-corrected chi connectivity index (χ1v) is 3.40. The first-order chi connectivity index (χ1) is 5.41. The molecule has 0 aliphatic rings. The molecule has 5 nitrogen and oxygen atoms in total. The van der Waals surface area contributed by atoms with Crippen molar-refractivity contribution in [3.63, 3.8) is 0 Å². The molecule has 0 saturated carbocycles. The zero-order valence-electron chi connectivity index (χ0n) is 6.87. The molecule has 0 bridgehead atoms. The van der Waals surface area contributed by atoms with E-state index >= 15 is 0 Å². The number of nitrogens with two attached hydrogens (primary N) is 1. The van der Waals surface area contributed by atoms with Gasteiger partial charge < -0.3 is 15.4 Å². The van der Waals surface area contributed by atoms with E-state index in [0.29, 0.717) is 5.76 Å². The molecule has 1 heterocycles. The number of nitrogens with zero attached hydrogens (tertiary/aromatic N) is 1. The van der Waals surface area contributed by atoms with Crippen molar-refractivity contribution in [2.75, 3.05) is 0 Å². The average Bonchev–Trinajstić information content (AvgIpc) is 2.30. The van der Waals surface area contributed by atoms with Crippen LogP contribution in [-0.2, 0) is 5.54 Å². The van der Waals surface area contributed by atoms with Gasteiger partial charge in [0.2, 0.25) is 0 Å². The van der Waals surface area contributed by atoms with E-state index in [1.165, 1.54) is 6.07 Å². The minimum absolute atomic E-state index is 0.122. The second-order valence-electron chi connectivity index (χ2n) is 3.10. The van der Waals surface area contributed by atoms with Crippen molar-refractivity contribution in [3.8, 4) is 0 Å². The standard InChI is InChI=1S/C7H10N2O3/c1-7(2,8)5-3-4(6(10)11)9-12-5/h3H,8H2,1-2H3,(H,10,11). The molecular formula is C7H10N2O3. The zero-order valence-corrected chi connectivity index (χ0v) is 6.87. The lowest BCUT2D eigenvalue weighted by atomic mass is 10.0.